The smallest absolute Gasteiger partial charge is 0.258 e. The summed E-state index contributed by atoms with van der Waals surface area (Å²) in [6.45, 7) is 4.11. The number of carbonyl (C=O) groups is 1. The second-order valence-electron chi connectivity index (χ2n) is 4.68. The van der Waals surface area contributed by atoms with Gasteiger partial charge >= 0.3 is 0 Å². The number of nitrogens with one attached hydrogen (secondary N) is 1. The van der Waals surface area contributed by atoms with E-state index >= 15 is 0 Å². The minimum Gasteiger partial charge on any atom is -0.320 e. The zero-order valence-electron chi connectivity index (χ0n) is 12.1. The number of benzene rings is 1. The van der Waals surface area contributed by atoms with E-state index in [1.165, 1.54) is 0 Å². The van der Waals surface area contributed by atoms with E-state index in [1.54, 1.807) is 18.2 Å². The number of hydrogen-bond donors (Lipinski definition) is 2. The highest BCUT2D eigenvalue weighted by molar-refractivity contribution is 6.05. The third kappa shape index (κ3) is 3.91. The van der Waals surface area contributed by atoms with Gasteiger partial charge in [-0.2, -0.15) is 0 Å². The molecule has 1 heterocycles. The molecule has 4 nitrogen and oxygen atoms in total. The van der Waals surface area contributed by atoms with E-state index in [-0.39, 0.29) is 12.5 Å². The van der Waals surface area contributed by atoms with Crippen molar-refractivity contribution < 1.29 is 4.79 Å². The van der Waals surface area contributed by atoms with Gasteiger partial charge < -0.3 is 11.1 Å². The maximum Gasteiger partial charge on any atom is 0.258 e. The molecular formula is C17H17N3O. The van der Waals surface area contributed by atoms with Gasteiger partial charge in [-0.3, -0.25) is 4.79 Å². The Morgan fingerprint density at radius 2 is 2.05 bits per heavy atom. The molecule has 0 saturated carbocycles. The fourth-order valence-corrected chi connectivity index (χ4v) is 2.03. The maximum absolute atomic E-state index is 12.4. The molecule has 0 fully saturated rings. The largest absolute Gasteiger partial charge is 0.320 e. The maximum atomic E-state index is 12.4. The van der Waals surface area contributed by atoms with Crippen LogP contribution in [0.1, 0.15) is 27.2 Å². The lowest BCUT2D eigenvalue weighted by atomic mass is 10.1. The average Bonchev–Trinajstić information content (AvgIpc) is 2.44. The molecule has 3 N–H and O–H groups in total. The van der Waals surface area contributed by atoms with Gasteiger partial charge in [0.1, 0.15) is 5.82 Å². The van der Waals surface area contributed by atoms with Crippen LogP contribution in [0.3, 0.4) is 0 Å². The minimum absolute atomic E-state index is 0.227. The third-order valence-corrected chi connectivity index (χ3v) is 2.84. The van der Waals surface area contributed by atoms with Crippen LogP contribution < -0.4 is 11.1 Å². The summed E-state index contributed by atoms with van der Waals surface area (Å²) in [4.78, 5) is 16.7. The summed E-state index contributed by atoms with van der Waals surface area (Å²) >= 11 is 0. The molecule has 0 bridgehead atoms. The van der Waals surface area contributed by atoms with Crippen LogP contribution in [0.4, 0.5) is 5.82 Å². The molecule has 0 saturated heterocycles. The lowest BCUT2D eigenvalue weighted by Gasteiger charge is -2.08. The Labute approximate surface area is 124 Å². The lowest BCUT2D eigenvalue weighted by molar-refractivity contribution is 0.102. The van der Waals surface area contributed by atoms with Gasteiger partial charge in [0, 0.05) is 11.3 Å². The Morgan fingerprint density at radius 1 is 1.29 bits per heavy atom. The molecule has 0 aliphatic rings. The molecule has 1 amide bonds. The second-order valence-corrected chi connectivity index (χ2v) is 4.68. The SMILES string of the molecule is Cc1cc(C)nc(NC(=O)c2ccccc2C#CCN)c1. The van der Waals surface area contributed by atoms with Gasteiger partial charge in [-0.25, -0.2) is 4.98 Å². The number of hydrogen-bond acceptors (Lipinski definition) is 3. The number of amides is 1. The normalized spacial score (nSPS) is 9.67. The summed E-state index contributed by atoms with van der Waals surface area (Å²) < 4.78 is 0. The van der Waals surface area contributed by atoms with Crippen LogP contribution >= 0.6 is 0 Å². The van der Waals surface area contributed by atoms with Crippen LogP contribution in [0.2, 0.25) is 0 Å². The Kier molecular flexibility index (Phi) is 4.70. The summed E-state index contributed by atoms with van der Waals surface area (Å²) in [5.74, 6) is 5.98. The van der Waals surface area contributed by atoms with Gasteiger partial charge in [0.05, 0.1) is 12.1 Å². The predicted octanol–water partition coefficient (Wildman–Crippen LogP) is 2.26. The topological polar surface area (TPSA) is 68.0 Å². The quantitative estimate of drug-likeness (QED) is 0.829. The first-order valence-corrected chi connectivity index (χ1v) is 6.65. The van der Waals surface area contributed by atoms with E-state index in [0.717, 1.165) is 11.3 Å². The van der Waals surface area contributed by atoms with Crippen molar-refractivity contribution in [1.29, 1.82) is 0 Å². The van der Waals surface area contributed by atoms with Crippen molar-refractivity contribution >= 4 is 11.7 Å². The van der Waals surface area contributed by atoms with Crippen molar-refractivity contribution in [2.75, 3.05) is 11.9 Å². The molecule has 1 aromatic carbocycles. The molecule has 0 atom stereocenters. The van der Waals surface area contributed by atoms with Gasteiger partial charge in [-0.15, -0.1) is 0 Å². The monoisotopic (exact) mass is 279 g/mol. The third-order valence-electron chi connectivity index (χ3n) is 2.84. The van der Waals surface area contributed by atoms with Gasteiger partial charge in [-0.1, -0.05) is 24.0 Å². The van der Waals surface area contributed by atoms with Crippen LogP contribution in [0, 0.1) is 25.7 Å². The highest BCUT2D eigenvalue weighted by Gasteiger charge is 2.10. The Balaban J connectivity index is 2.28. The molecule has 2 rings (SSSR count). The number of rotatable bonds is 2. The average molecular weight is 279 g/mol. The molecule has 0 unspecified atom stereocenters. The Hall–Kier alpha value is -2.64. The molecule has 0 radical (unpaired) electrons. The van der Waals surface area contributed by atoms with Crippen molar-refractivity contribution in [1.82, 2.24) is 4.98 Å². The lowest BCUT2D eigenvalue weighted by Crippen LogP contribution is -2.15. The highest BCUT2D eigenvalue weighted by atomic mass is 16.1. The number of pyridine rings is 1. The van der Waals surface area contributed by atoms with Crippen LogP contribution in [0.5, 0.6) is 0 Å². The first-order valence-electron chi connectivity index (χ1n) is 6.65. The van der Waals surface area contributed by atoms with Crippen molar-refractivity contribution in [2.24, 2.45) is 5.73 Å². The molecular weight excluding hydrogens is 262 g/mol. The van der Waals surface area contributed by atoms with Gasteiger partial charge in [0.15, 0.2) is 0 Å². The number of aromatic nitrogens is 1. The molecule has 1 aromatic heterocycles. The number of nitrogens with zero attached hydrogens (tertiary/aromatic N) is 1. The molecule has 0 spiro atoms. The Bertz CT molecular complexity index is 706. The van der Waals surface area contributed by atoms with E-state index in [4.69, 9.17) is 5.73 Å². The van der Waals surface area contributed by atoms with E-state index < -0.39 is 0 Å². The minimum atomic E-state index is -0.227. The molecule has 0 aliphatic carbocycles. The predicted molar refractivity (Wildman–Crippen MR) is 84.0 cm³/mol. The zero-order valence-corrected chi connectivity index (χ0v) is 12.1. The van der Waals surface area contributed by atoms with Crippen LogP contribution in [-0.4, -0.2) is 17.4 Å². The first kappa shape index (κ1) is 14.8. The number of carbonyl (C=O) groups excluding carboxylic acids is 1. The van der Waals surface area contributed by atoms with Gasteiger partial charge in [-0.05, 0) is 43.7 Å². The van der Waals surface area contributed by atoms with E-state index in [9.17, 15) is 4.79 Å². The number of anilines is 1. The summed E-state index contributed by atoms with van der Waals surface area (Å²) in [5, 5.41) is 2.81. The van der Waals surface area contributed by atoms with E-state index in [2.05, 4.69) is 22.1 Å². The van der Waals surface area contributed by atoms with Crippen molar-refractivity contribution in [2.45, 2.75) is 13.8 Å². The van der Waals surface area contributed by atoms with Crippen LogP contribution in [0.25, 0.3) is 0 Å². The summed E-state index contributed by atoms with van der Waals surface area (Å²) in [5.41, 5.74) is 8.46. The van der Waals surface area contributed by atoms with Crippen molar-refractivity contribution in [3.8, 4) is 11.8 Å². The van der Waals surface area contributed by atoms with Crippen molar-refractivity contribution in [3.63, 3.8) is 0 Å². The molecule has 21 heavy (non-hydrogen) atoms. The fraction of sp³-hybridized carbons (Fsp3) is 0.176. The molecule has 106 valence electrons. The summed E-state index contributed by atoms with van der Waals surface area (Å²) in [6.07, 6.45) is 0. The van der Waals surface area contributed by atoms with Crippen molar-refractivity contribution in [3.05, 3.63) is 58.8 Å². The van der Waals surface area contributed by atoms with E-state index in [1.807, 2.05) is 32.0 Å². The molecule has 0 aliphatic heterocycles. The zero-order chi connectivity index (χ0) is 15.2. The van der Waals surface area contributed by atoms with Crippen LogP contribution in [-0.2, 0) is 0 Å². The number of aryl methyl sites for hydroxylation is 2. The van der Waals surface area contributed by atoms with Gasteiger partial charge in [0.25, 0.3) is 5.91 Å². The van der Waals surface area contributed by atoms with Gasteiger partial charge in [0.2, 0.25) is 0 Å². The molecule has 4 heteroatoms. The highest BCUT2D eigenvalue weighted by Crippen LogP contribution is 2.13. The van der Waals surface area contributed by atoms with E-state index in [0.29, 0.717) is 16.9 Å². The summed E-state index contributed by atoms with van der Waals surface area (Å²) in [6, 6.07) is 11.0. The fourth-order valence-electron chi connectivity index (χ4n) is 2.03. The molecule has 2 aromatic rings. The summed E-state index contributed by atoms with van der Waals surface area (Å²) in [7, 11) is 0. The number of nitrogens with two attached hydrogens (primary N) is 1. The second kappa shape index (κ2) is 6.69. The standard InChI is InChI=1S/C17H17N3O/c1-12-10-13(2)19-16(11-12)20-17(21)15-8-4-3-6-14(15)7-5-9-18/h3-4,6,8,10-11H,9,18H2,1-2H3,(H,19,20,21). The first-order chi connectivity index (χ1) is 10.1. The van der Waals surface area contributed by atoms with Crippen LogP contribution in [0.15, 0.2) is 36.4 Å². The Morgan fingerprint density at radius 3 is 2.76 bits per heavy atom.